The van der Waals surface area contributed by atoms with Gasteiger partial charge in [-0.2, -0.15) is 11.8 Å². The molecule has 25 heavy (non-hydrogen) atoms. The lowest BCUT2D eigenvalue weighted by atomic mass is 10.2. The Hall–Kier alpha value is -1.25. The minimum absolute atomic E-state index is 0.285. The number of carbonyl (C=O) groups excluding carboxylic acids is 1. The van der Waals surface area contributed by atoms with Crippen molar-refractivity contribution in [1.29, 1.82) is 0 Å². The fraction of sp³-hybridized carbons (Fsp3) is 0.471. The van der Waals surface area contributed by atoms with Crippen molar-refractivity contribution in [3.63, 3.8) is 0 Å². The summed E-state index contributed by atoms with van der Waals surface area (Å²) in [6.07, 6.45) is 5.05. The van der Waals surface area contributed by atoms with Gasteiger partial charge in [-0.1, -0.05) is 30.9 Å². The Morgan fingerprint density at radius 1 is 1.60 bits per heavy atom. The first kappa shape index (κ1) is 18.5. The van der Waals surface area contributed by atoms with Crippen LogP contribution in [0.3, 0.4) is 0 Å². The second kappa shape index (κ2) is 7.55. The van der Waals surface area contributed by atoms with Crippen LogP contribution in [0.15, 0.2) is 21.5 Å². The van der Waals surface area contributed by atoms with Crippen LogP contribution in [-0.4, -0.2) is 44.3 Å². The molecule has 3 rings (SSSR count). The SMILES string of the molecule is CSCC[C@H](C(=O)O)N1C(=O)/C(=C/c2ccc([C@H]3C[C@H]3C)o2)SC1=S. The number of aliphatic carboxylic acids is 1. The quantitative estimate of drug-likeness (QED) is 0.554. The van der Waals surface area contributed by atoms with Crippen molar-refractivity contribution in [3.8, 4) is 0 Å². The number of hydrogen-bond acceptors (Lipinski definition) is 6. The number of carbonyl (C=O) groups is 2. The summed E-state index contributed by atoms with van der Waals surface area (Å²) < 4.78 is 6.09. The first-order chi connectivity index (χ1) is 11.9. The van der Waals surface area contributed by atoms with E-state index in [0.29, 0.717) is 34.7 Å². The zero-order valence-electron chi connectivity index (χ0n) is 13.9. The van der Waals surface area contributed by atoms with Crippen LogP contribution in [0.1, 0.15) is 37.2 Å². The van der Waals surface area contributed by atoms with Gasteiger partial charge in [-0.3, -0.25) is 9.69 Å². The van der Waals surface area contributed by atoms with Gasteiger partial charge in [0.1, 0.15) is 21.9 Å². The predicted molar refractivity (Wildman–Crippen MR) is 105 cm³/mol. The average Bonchev–Trinajstić information content (AvgIpc) is 3.00. The lowest BCUT2D eigenvalue weighted by molar-refractivity contribution is -0.145. The van der Waals surface area contributed by atoms with E-state index >= 15 is 0 Å². The van der Waals surface area contributed by atoms with E-state index in [0.717, 1.165) is 23.9 Å². The maximum atomic E-state index is 12.7. The molecule has 1 aliphatic carbocycles. The first-order valence-electron chi connectivity index (χ1n) is 8.01. The van der Waals surface area contributed by atoms with E-state index in [2.05, 4.69) is 6.92 Å². The van der Waals surface area contributed by atoms with Gasteiger partial charge in [0.05, 0.1) is 4.91 Å². The van der Waals surface area contributed by atoms with Crippen molar-refractivity contribution in [2.45, 2.75) is 31.7 Å². The third-order valence-corrected chi connectivity index (χ3v) is 6.39. The lowest BCUT2D eigenvalue weighted by Crippen LogP contribution is -2.44. The molecule has 1 saturated carbocycles. The highest BCUT2D eigenvalue weighted by Crippen LogP contribution is 2.47. The zero-order chi connectivity index (χ0) is 18.1. The molecule has 2 heterocycles. The van der Waals surface area contributed by atoms with Crippen LogP contribution >= 0.6 is 35.7 Å². The molecule has 0 spiro atoms. The van der Waals surface area contributed by atoms with Crippen molar-refractivity contribution in [2.24, 2.45) is 5.92 Å². The van der Waals surface area contributed by atoms with Gasteiger partial charge in [-0.25, -0.2) is 4.79 Å². The van der Waals surface area contributed by atoms with E-state index in [9.17, 15) is 14.7 Å². The minimum Gasteiger partial charge on any atom is -0.480 e. The maximum absolute atomic E-state index is 12.7. The highest BCUT2D eigenvalue weighted by atomic mass is 32.2. The Labute approximate surface area is 160 Å². The minimum atomic E-state index is -1.03. The van der Waals surface area contributed by atoms with Crippen LogP contribution in [0.5, 0.6) is 0 Å². The smallest absolute Gasteiger partial charge is 0.326 e. The Kier molecular flexibility index (Phi) is 5.60. The molecule has 0 unspecified atom stereocenters. The van der Waals surface area contributed by atoms with Gasteiger partial charge in [0, 0.05) is 12.0 Å². The standard InChI is InChI=1S/C17H19NO4S3/c1-9-7-11(9)13-4-3-10(22-13)8-14-15(19)18(17(23)25-14)12(16(20)21)5-6-24-2/h3-4,8-9,11-12H,5-7H2,1-2H3,(H,20,21)/b14-8-/t9-,11+,12-/m1/s1. The second-order valence-corrected chi connectivity index (χ2v) is 8.91. The Morgan fingerprint density at radius 3 is 2.92 bits per heavy atom. The van der Waals surface area contributed by atoms with Gasteiger partial charge < -0.3 is 9.52 Å². The summed E-state index contributed by atoms with van der Waals surface area (Å²) in [6, 6.07) is 2.86. The summed E-state index contributed by atoms with van der Waals surface area (Å²) in [4.78, 5) is 25.9. The van der Waals surface area contributed by atoms with E-state index in [1.165, 1.54) is 4.90 Å². The zero-order valence-corrected chi connectivity index (χ0v) is 16.4. The summed E-state index contributed by atoms with van der Waals surface area (Å²) in [5.74, 6) is 1.91. The van der Waals surface area contributed by atoms with Gasteiger partial charge in [-0.05, 0) is 42.9 Å². The third kappa shape index (κ3) is 3.96. The van der Waals surface area contributed by atoms with E-state index in [1.807, 2.05) is 18.4 Å². The fourth-order valence-corrected chi connectivity index (χ4v) is 4.63. The number of thioether (sulfide) groups is 2. The lowest BCUT2D eigenvalue weighted by Gasteiger charge is -2.22. The van der Waals surface area contributed by atoms with E-state index in [4.69, 9.17) is 16.6 Å². The largest absolute Gasteiger partial charge is 0.480 e. The molecule has 0 aromatic carbocycles. The molecular weight excluding hydrogens is 378 g/mol. The van der Waals surface area contributed by atoms with Crippen LogP contribution < -0.4 is 0 Å². The predicted octanol–water partition coefficient (Wildman–Crippen LogP) is 3.81. The highest BCUT2D eigenvalue weighted by Gasteiger charge is 2.40. The van der Waals surface area contributed by atoms with Crippen LogP contribution in [0.25, 0.3) is 6.08 Å². The normalized spacial score (nSPS) is 25.7. The van der Waals surface area contributed by atoms with Crippen LogP contribution in [0.2, 0.25) is 0 Å². The van der Waals surface area contributed by atoms with Gasteiger partial charge in [0.25, 0.3) is 5.91 Å². The van der Waals surface area contributed by atoms with Gasteiger partial charge in [-0.15, -0.1) is 0 Å². The van der Waals surface area contributed by atoms with Gasteiger partial charge >= 0.3 is 5.97 Å². The molecule has 3 atom stereocenters. The van der Waals surface area contributed by atoms with Crippen LogP contribution in [-0.2, 0) is 9.59 Å². The molecule has 0 radical (unpaired) electrons. The number of amides is 1. The molecule has 5 nitrogen and oxygen atoms in total. The monoisotopic (exact) mass is 397 g/mol. The molecule has 1 amide bonds. The number of carboxylic acid groups (broad SMARTS) is 1. The van der Waals surface area contributed by atoms with Crippen LogP contribution in [0, 0.1) is 5.92 Å². The van der Waals surface area contributed by atoms with Crippen molar-refractivity contribution in [1.82, 2.24) is 4.90 Å². The molecule has 0 bridgehead atoms. The summed E-state index contributed by atoms with van der Waals surface area (Å²) >= 11 is 7.93. The van der Waals surface area contributed by atoms with E-state index in [1.54, 1.807) is 17.8 Å². The Balaban J connectivity index is 1.77. The number of rotatable bonds is 7. The Bertz CT molecular complexity index is 742. The molecular formula is C17H19NO4S3. The van der Waals surface area contributed by atoms with Crippen LogP contribution in [0.4, 0.5) is 0 Å². The van der Waals surface area contributed by atoms with Crippen molar-refractivity contribution < 1.29 is 19.1 Å². The molecule has 1 aliphatic heterocycles. The summed E-state index contributed by atoms with van der Waals surface area (Å²) in [6.45, 7) is 2.18. The molecule has 134 valence electrons. The molecule has 2 fully saturated rings. The van der Waals surface area contributed by atoms with Crippen molar-refractivity contribution >= 4 is 58.0 Å². The topological polar surface area (TPSA) is 70.8 Å². The number of furan rings is 1. The average molecular weight is 398 g/mol. The molecule has 1 aromatic heterocycles. The number of thiocarbonyl (C=S) groups is 1. The number of carboxylic acids is 1. The highest BCUT2D eigenvalue weighted by molar-refractivity contribution is 8.26. The second-order valence-electron chi connectivity index (χ2n) is 6.25. The molecule has 8 heteroatoms. The Morgan fingerprint density at radius 2 is 2.32 bits per heavy atom. The molecule has 1 aromatic rings. The molecule has 1 N–H and O–H groups in total. The number of hydrogen-bond donors (Lipinski definition) is 1. The van der Waals surface area contributed by atoms with E-state index < -0.39 is 12.0 Å². The number of nitrogens with zero attached hydrogens (tertiary/aromatic N) is 1. The van der Waals surface area contributed by atoms with E-state index in [-0.39, 0.29) is 10.2 Å². The fourth-order valence-electron chi connectivity index (χ4n) is 2.83. The summed E-state index contributed by atoms with van der Waals surface area (Å²) in [5, 5.41) is 9.46. The molecule has 1 saturated heterocycles. The van der Waals surface area contributed by atoms with Gasteiger partial charge in [0.15, 0.2) is 0 Å². The summed E-state index contributed by atoms with van der Waals surface area (Å²) in [5.41, 5.74) is 0. The van der Waals surface area contributed by atoms with Crippen molar-refractivity contribution in [2.75, 3.05) is 12.0 Å². The maximum Gasteiger partial charge on any atom is 0.326 e. The van der Waals surface area contributed by atoms with Crippen molar-refractivity contribution in [3.05, 3.63) is 28.6 Å². The third-order valence-electron chi connectivity index (χ3n) is 4.41. The van der Waals surface area contributed by atoms with Gasteiger partial charge in [0.2, 0.25) is 0 Å². The summed E-state index contributed by atoms with van der Waals surface area (Å²) in [7, 11) is 0. The first-order valence-corrected chi connectivity index (χ1v) is 10.6. The molecule has 2 aliphatic rings.